The number of ketones is 3. The second kappa shape index (κ2) is 35.0. The predicted molar refractivity (Wildman–Crippen MR) is 396 cm³/mol. The fraction of sp³-hybridized carbons (Fsp3) is 0.235. The summed E-state index contributed by atoms with van der Waals surface area (Å²) in [7, 11) is 9.80. The highest BCUT2D eigenvalue weighted by Gasteiger charge is 2.34. The number of halogens is 5. The molecule has 7 N–H and O–H groups in total. The van der Waals surface area contributed by atoms with Crippen LogP contribution in [0.15, 0.2) is 182 Å². The van der Waals surface area contributed by atoms with E-state index in [-0.39, 0.29) is 35.9 Å². The molecule has 10 aromatic rings. The van der Waals surface area contributed by atoms with Crippen LogP contribution in [0.4, 0.5) is 30.6 Å². The number of hydrogen-bond donors (Lipinski definition) is 4. The van der Waals surface area contributed by atoms with Crippen molar-refractivity contribution in [1.29, 1.82) is 0 Å². The van der Waals surface area contributed by atoms with E-state index in [1.54, 1.807) is 73.2 Å². The zero-order valence-corrected chi connectivity index (χ0v) is 57.8. The molecule has 7 aromatic carbocycles. The lowest BCUT2D eigenvalue weighted by atomic mass is 9.97. The maximum atomic E-state index is 14.0. The Hall–Kier alpha value is -10.2. The van der Waals surface area contributed by atoms with Crippen LogP contribution in [0.3, 0.4) is 0 Å². The third-order valence-corrected chi connectivity index (χ3v) is 17.1. The Labute approximate surface area is 592 Å². The van der Waals surface area contributed by atoms with E-state index in [1.807, 2.05) is 142 Å². The van der Waals surface area contributed by atoms with Crippen molar-refractivity contribution in [1.82, 2.24) is 34.6 Å². The van der Waals surface area contributed by atoms with E-state index in [4.69, 9.17) is 40.4 Å². The van der Waals surface area contributed by atoms with Crippen molar-refractivity contribution in [2.24, 2.45) is 0 Å². The van der Waals surface area contributed by atoms with Crippen LogP contribution in [-0.4, -0.2) is 138 Å². The fourth-order valence-corrected chi connectivity index (χ4v) is 11.3. The molecule has 1 saturated heterocycles. The van der Waals surface area contributed by atoms with Gasteiger partial charge in [0.25, 0.3) is 0 Å². The van der Waals surface area contributed by atoms with E-state index in [9.17, 15) is 32.7 Å². The van der Waals surface area contributed by atoms with Gasteiger partial charge < -0.3 is 37.0 Å². The van der Waals surface area contributed by atoms with Crippen molar-refractivity contribution in [3.8, 4) is 46.6 Å². The van der Waals surface area contributed by atoms with Gasteiger partial charge in [-0.2, -0.15) is 13.2 Å². The number of likely N-dealkylation sites (N-methyl/N-ethyl adjacent to an activating group) is 2. The molecule has 100 heavy (non-hydrogen) atoms. The number of nitrogens with two attached hydrogens (primary N) is 3. The molecule has 14 nitrogen and oxygen atoms in total. The molecule has 0 amide bonds. The van der Waals surface area contributed by atoms with Crippen LogP contribution in [0.2, 0.25) is 10.0 Å². The first kappa shape index (κ1) is 74.0. The lowest BCUT2D eigenvalue weighted by molar-refractivity contribution is -0.138. The minimum Gasteiger partial charge on any atom is -0.392 e. The first-order valence-electron chi connectivity index (χ1n) is 32.4. The molecule has 11 rings (SSSR count). The highest BCUT2D eigenvalue weighted by atomic mass is 35.5. The third kappa shape index (κ3) is 21.4. The summed E-state index contributed by atoms with van der Waals surface area (Å²) in [5.41, 5.74) is 25.7. The minimum absolute atomic E-state index is 0.0241. The Bertz CT molecular complexity index is 4730. The Kier molecular flexibility index (Phi) is 25.9. The van der Waals surface area contributed by atoms with Crippen LogP contribution in [0.25, 0.3) is 32.7 Å². The Balaban J connectivity index is 0.000000181. The maximum Gasteiger partial charge on any atom is 0.416 e. The molecule has 0 radical (unpaired) electrons. The summed E-state index contributed by atoms with van der Waals surface area (Å²) in [6.45, 7) is 4.76. The number of anilines is 3. The van der Waals surface area contributed by atoms with Crippen molar-refractivity contribution in [2.45, 2.75) is 50.9 Å². The first-order chi connectivity index (χ1) is 47.9. The number of nitrogen functional groups attached to an aromatic ring is 3. The second-order valence-electron chi connectivity index (χ2n) is 24.9. The molecule has 0 bridgehead atoms. The molecule has 1 aliphatic heterocycles. The summed E-state index contributed by atoms with van der Waals surface area (Å²) < 4.78 is 41.9. The van der Waals surface area contributed by atoms with Gasteiger partial charge in [0.2, 0.25) is 0 Å². The molecule has 19 heteroatoms. The second-order valence-corrected chi connectivity index (χ2v) is 25.7. The zero-order valence-electron chi connectivity index (χ0n) is 56.3. The van der Waals surface area contributed by atoms with Gasteiger partial charge in [-0.3, -0.25) is 19.3 Å². The van der Waals surface area contributed by atoms with Gasteiger partial charge in [-0.15, -0.1) is 0 Å². The summed E-state index contributed by atoms with van der Waals surface area (Å²) >= 11 is 12.1. The zero-order chi connectivity index (χ0) is 71.5. The minimum atomic E-state index is -4.51. The summed E-state index contributed by atoms with van der Waals surface area (Å²) in [5, 5.41) is 14.8. The molecule has 1 aliphatic rings. The van der Waals surface area contributed by atoms with Crippen molar-refractivity contribution >= 4 is 79.6 Å². The molecular formula is C81H77Cl2F3N10O4. The van der Waals surface area contributed by atoms with Crippen LogP contribution in [0.5, 0.6) is 0 Å². The molecule has 4 heterocycles. The number of alkyl halides is 3. The Morgan fingerprint density at radius 1 is 0.560 bits per heavy atom. The molecule has 3 aromatic heterocycles. The number of pyridine rings is 3. The van der Waals surface area contributed by atoms with E-state index >= 15 is 0 Å². The fourth-order valence-electron chi connectivity index (χ4n) is 11.0. The highest BCUT2D eigenvalue weighted by molar-refractivity contribution is 6.31. The van der Waals surface area contributed by atoms with E-state index < -0.39 is 17.8 Å². The van der Waals surface area contributed by atoms with Gasteiger partial charge in [-0.25, -0.2) is 15.0 Å². The normalized spacial score (nSPS) is 12.6. The molecule has 0 aliphatic carbocycles. The molecule has 1 unspecified atom stereocenters. The third-order valence-electron chi connectivity index (χ3n) is 16.6. The largest absolute Gasteiger partial charge is 0.416 e. The number of aliphatic hydroxyl groups excluding tert-OH is 1. The van der Waals surface area contributed by atoms with Gasteiger partial charge in [-0.05, 0) is 144 Å². The maximum absolute atomic E-state index is 14.0. The summed E-state index contributed by atoms with van der Waals surface area (Å²) in [6.07, 6.45) is 2.09. The lowest BCUT2D eigenvalue weighted by Crippen LogP contribution is -2.44. The van der Waals surface area contributed by atoms with Gasteiger partial charge in [0.1, 0.15) is 17.5 Å². The molecule has 1 fully saturated rings. The van der Waals surface area contributed by atoms with Crippen LogP contribution in [-0.2, 0) is 19.1 Å². The Morgan fingerprint density at radius 2 is 1.12 bits per heavy atom. The van der Waals surface area contributed by atoms with Gasteiger partial charge in [0.05, 0.1) is 28.4 Å². The number of hydrogen-bond acceptors (Lipinski definition) is 14. The van der Waals surface area contributed by atoms with E-state index in [0.29, 0.717) is 105 Å². The van der Waals surface area contributed by atoms with Crippen molar-refractivity contribution in [3.63, 3.8) is 0 Å². The number of aromatic nitrogens is 3. The van der Waals surface area contributed by atoms with Crippen LogP contribution < -0.4 is 17.2 Å². The Morgan fingerprint density at radius 3 is 1.73 bits per heavy atom. The van der Waals surface area contributed by atoms with E-state index in [1.165, 1.54) is 6.07 Å². The summed E-state index contributed by atoms with van der Waals surface area (Å²) in [6, 6.07) is 48.0. The number of rotatable bonds is 17. The van der Waals surface area contributed by atoms with E-state index in [2.05, 4.69) is 60.3 Å². The smallest absolute Gasteiger partial charge is 0.392 e. The quantitative estimate of drug-likeness (QED) is 0.0495. The summed E-state index contributed by atoms with van der Waals surface area (Å²) in [4.78, 5) is 58.4. The van der Waals surface area contributed by atoms with Gasteiger partial charge in [0.15, 0.2) is 17.3 Å². The first-order valence-corrected chi connectivity index (χ1v) is 33.2. The van der Waals surface area contributed by atoms with Gasteiger partial charge in [-0.1, -0.05) is 150 Å². The predicted octanol–water partition coefficient (Wildman–Crippen LogP) is 14.1. The number of fused-ring (bicyclic) bond motifs is 2. The molecular weight excluding hydrogens is 1300 g/mol. The number of piperazine rings is 1. The molecule has 0 saturated carbocycles. The number of nitrogens with zero attached hydrogens (tertiary/aromatic N) is 7. The number of carbonyl (C=O) groups excluding carboxylic acids is 3. The molecule has 510 valence electrons. The standard InChI is InChI=1S/C34H30ClF3N4O.C24H25N3O2.C23H22ClN3O/c1-41-14-16-42(17-15-41)22-28-9-5-24(18-31(28)34(36,37)38)19-32(43)26-6-2-23(3-7-26)4-8-27-20-29(21-40-33(27)39)25-10-12-30(35)13-11-25;1-27(2)16-20(28)13-14-23(29)18-10-7-17(8-11-18)9-12-19-15-26-24(25)22-6-4-3-5-21(19)22;1-27(2)13-3-4-22(28)17-8-5-16(6-9-17)7-12-20-21-14-19(24)11-10-18(21)15-26-23(20)25/h2-3,5-7,9-13,18,20-21H,14-17,19,22H2,1H3,(H2,39,40);3-8,10-11,15,20,28H,13-14,16H2,1-2H3,(H2,25,26);5-6,8-11,14-15H,3-4,13H2,1-2H3,(H2,25,26). The number of aliphatic hydroxyl groups is 1. The van der Waals surface area contributed by atoms with Crippen molar-refractivity contribution in [2.75, 3.05) is 91.7 Å². The summed E-state index contributed by atoms with van der Waals surface area (Å²) in [5.74, 6) is 19.6. The average Bonchev–Trinajstić information content (AvgIpc) is 0.843. The molecule has 0 spiro atoms. The van der Waals surface area contributed by atoms with Crippen molar-refractivity contribution in [3.05, 3.63) is 259 Å². The van der Waals surface area contributed by atoms with Crippen LogP contribution >= 0.6 is 23.2 Å². The van der Waals surface area contributed by atoms with Crippen LogP contribution in [0.1, 0.15) is 107 Å². The number of Topliss-reactive ketones (excluding diaryl/α,β-unsaturated/α-hetero) is 3. The number of benzene rings is 7. The number of carbonyl (C=O) groups is 3. The van der Waals surface area contributed by atoms with Gasteiger partial charge >= 0.3 is 6.18 Å². The van der Waals surface area contributed by atoms with Crippen molar-refractivity contribution < 1.29 is 32.7 Å². The molecule has 1 atom stereocenters. The van der Waals surface area contributed by atoms with Gasteiger partial charge in [0, 0.05) is 148 Å². The van der Waals surface area contributed by atoms with E-state index in [0.717, 1.165) is 81.5 Å². The topological polar surface area (TPSA) is 201 Å². The highest BCUT2D eigenvalue weighted by Crippen LogP contribution is 2.34. The van der Waals surface area contributed by atoms with Crippen LogP contribution in [0, 0.1) is 35.5 Å². The lowest BCUT2D eigenvalue weighted by Gasteiger charge is -2.33. The SMILES string of the molecule is CN(C)CC(O)CCC(=O)c1ccc(C#Cc2cnc(N)c3ccccc23)cc1.CN(C)CCCC(=O)c1ccc(C#Cc2c(N)ncc3ccc(Cl)cc23)cc1.CN1CCN(Cc2ccc(CC(=O)c3ccc(C#Cc4cc(-c5ccc(Cl)cc5)cnc4N)cc3)cc2C(F)(F)F)CC1. The average molecular weight is 1380 g/mol. The monoisotopic (exact) mass is 1380 g/mol.